The first-order chi connectivity index (χ1) is 21.3. The van der Waals surface area contributed by atoms with Crippen LogP contribution in [-0.2, 0) is 17.3 Å². The zero-order valence-electron chi connectivity index (χ0n) is 25.2. The zero-order chi connectivity index (χ0) is 32.5. The number of aromatic amines is 1. The molecule has 5 rings (SSSR count). The van der Waals surface area contributed by atoms with E-state index in [0.29, 0.717) is 35.1 Å². The Morgan fingerprint density at radius 1 is 1.18 bits per heavy atom. The van der Waals surface area contributed by atoms with Gasteiger partial charge >= 0.3 is 6.09 Å². The lowest BCUT2D eigenvalue weighted by atomic mass is 9.89. The number of ether oxygens (including phenoxy) is 1. The molecule has 0 bridgehead atoms. The van der Waals surface area contributed by atoms with Crippen molar-refractivity contribution in [2.75, 3.05) is 0 Å². The van der Waals surface area contributed by atoms with Crippen LogP contribution in [0.15, 0.2) is 53.6 Å². The minimum atomic E-state index is -0.858. The number of fused-ring (bicyclic) bond motifs is 1. The third-order valence-corrected chi connectivity index (χ3v) is 7.44. The molecule has 4 aromatic rings. The normalized spacial score (nSPS) is 14.0. The lowest BCUT2D eigenvalue weighted by Gasteiger charge is -2.23. The van der Waals surface area contributed by atoms with Crippen molar-refractivity contribution in [3.63, 3.8) is 0 Å². The van der Waals surface area contributed by atoms with Crippen LogP contribution in [0.3, 0.4) is 0 Å². The van der Waals surface area contributed by atoms with Crippen molar-refractivity contribution in [1.29, 1.82) is 0 Å². The monoisotopic (exact) mass is 611 g/mol. The number of benzene rings is 1. The van der Waals surface area contributed by atoms with Crippen LogP contribution in [0.25, 0.3) is 11.0 Å². The molecule has 230 valence electrons. The number of aromatic nitrogens is 3. The third-order valence-electron chi connectivity index (χ3n) is 7.44. The number of pyridine rings is 2. The van der Waals surface area contributed by atoms with E-state index in [2.05, 4.69) is 39.0 Å². The number of alkyl carbamates (subject to hydrolysis) is 1. The Kier molecular flexibility index (Phi) is 8.22. The van der Waals surface area contributed by atoms with E-state index in [4.69, 9.17) is 10.5 Å². The number of nitrogens with two attached hydrogens (primary N) is 1. The van der Waals surface area contributed by atoms with Gasteiger partial charge in [0.05, 0.1) is 16.7 Å². The van der Waals surface area contributed by atoms with E-state index in [-0.39, 0.29) is 28.7 Å². The number of halogens is 2. The number of amides is 2. The Morgan fingerprint density at radius 3 is 2.62 bits per heavy atom. The molecule has 1 saturated carbocycles. The highest BCUT2D eigenvalue weighted by Gasteiger charge is 2.48. The Hall–Kier alpha value is -5.42. The molecular weight excluding hydrogens is 580 g/mol. The number of hydrogen-bond donors (Lipinski definition) is 3. The summed E-state index contributed by atoms with van der Waals surface area (Å²) in [5.74, 6) is 8.28. The molecule has 3 heterocycles. The van der Waals surface area contributed by atoms with Gasteiger partial charge < -0.3 is 25.3 Å². The fourth-order valence-corrected chi connectivity index (χ4v) is 5.08. The molecule has 4 N–H and O–H groups in total. The molecule has 11 heteroatoms. The topological polar surface area (TPSA) is 132 Å². The second-order valence-corrected chi connectivity index (χ2v) is 11.9. The van der Waals surface area contributed by atoms with Crippen molar-refractivity contribution in [1.82, 2.24) is 19.9 Å². The van der Waals surface area contributed by atoms with E-state index in [0.717, 1.165) is 18.2 Å². The molecule has 1 atom stereocenters. The van der Waals surface area contributed by atoms with Gasteiger partial charge in [0.15, 0.2) is 0 Å². The van der Waals surface area contributed by atoms with Gasteiger partial charge in [-0.1, -0.05) is 17.9 Å². The smallest absolute Gasteiger partial charge is 0.408 e. The number of nitrogens with one attached hydrogen (secondary N) is 2. The lowest BCUT2D eigenvalue weighted by Crippen LogP contribution is -2.39. The van der Waals surface area contributed by atoms with Crippen LogP contribution in [0.1, 0.15) is 78.7 Å². The highest BCUT2D eigenvalue weighted by molar-refractivity contribution is 6.01. The average Bonchev–Trinajstić information content (AvgIpc) is 3.59. The van der Waals surface area contributed by atoms with Crippen molar-refractivity contribution in [2.24, 2.45) is 12.8 Å². The highest BCUT2D eigenvalue weighted by Crippen LogP contribution is 2.46. The first kappa shape index (κ1) is 31.0. The third kappa shape index (κ3) is 6.73. The van der Waals surface area contributed by atoms with Crippen molar-refractivity contribution in [2.45, 2.75) is 57.1 Å². The standard InChI is InChI=1S/C34H31F2N5O4/c1-33(2,3)45-32(44)40-34(14-15-34)28-18-25-22(26(29(37)42)19-38-30(25)39-28)10-7-5-6-9-21(23-11-8-16-41(4)31(23)43)24-17-20(35)12-13-27(24)36/h8,11-13,16-19,21H,9,14-15H2,1-4H3,(H2,37,42)(H,38,39)(H,40,44). The summed E-state index contributed by atoms with van der Waals surface area (Å²) in [6.07, 6.45) is 3.65. The molecule has 0 radical (unpaired) electrons. The molecule has 1 aliphatic carbocycles. The van der Waals surface area contributed by atoms with Crippen molar-refractivity contribution < 1.29 is 23.1 Å². The molecule has 1 unspecified atom stereocenters. The van der Waals surface area contributed by atoms with Crippen molar-refractivity contribution >= 4 is 23.0 Å². The highest BCUT2D eigenvalue weighted by atomic mass is 19.1. The summed E-state index contributed by atoms with van der Waals surface area (Å²) in [6, 6.07) is 8.05. The van der Waals surface area contributed by atoms with Crippen molar-refractivity contribution in [3.8, 4) is 23.7 Å². The van der Waals surface area contributed by atoms with Crippen LogP contribution in [-0.4, -0.2) is 32.1 Å². The van der Waals surface area contributed by atoms with Gasteiger partial charge in [-0.2, -0.15) is 0 Å². The number of primary amides is 1. The first-order valence-electron chi connectivity index (χ1n) is 14.2. The van der Waals surface area contributed by atoms with Gasteiger partial charge in [0.2, 0.25) is 0 Å². The number of rotatable bonds is 6. The minimum absolute atomic E-state index is 0.00117. The van der Waals surface area contributed by atoms with Gasteiger partial charge in [0, 0.05) is 48.4 Å². The molecule has 0 spiro atoms. The summed E-state index contributed by atoms with van der Waals surface area (Å²) in [4.78, 5) is 45.2. The largest absolute Gasteiger partial charge is 0.444 e. The molecule has 3 aromatic heterocycles. The van der Waals surface area contributed by atoms with E-state index in [1.807, 2.05) is 0 Å². The van der Waals surface area contributed by atoms with E-state index in [1.54, 1.807) is 52.2 Å². The SMILES string of the molecule is Cn1cccc(C(CC#CC#Cc2c(C(N)=O)cnc3[nH]c(C4(NC(=O)OC(C)(C)C)CC4)cc23)c2cc(F)ccc2F)c1=O. The lowest BCUT2D eigenvalue weighted by molar-refractivity contribution is 0.0493. The molecule has 9 nitrogen and oxygen atoms in total. The molecule has 45 heavy (non-hydrogen) atoms. The number of aryl methyl sites for hydroxylation is 1. The Bertz CT molecular complexity index is 2010. The quantitative estimate of drug-likeness (QED) is 0.271. The molecule has 1 fully saturated rings. The maximum Gasteiger partial charge on any atom is 0.408 e. The van der Waals surface area contributed by atoms with Gasteiger partial charge in [0.1, 0.15) is 22.9 Å². The second kappa shape index (κ2) is 11.9. The predicted molar refractivity (Wildman–Crippen MR) is 164 cm³/mol. The molecule has 1 aliphatic rings. The maximum absolute atomic E-state index is 14.8. The number of carbonyl (C=O) groups is 2. The summed E-state index contributed by atoms with van der Waals surface area (Å²) < 4.78 is 35.7. The molecule has 2 amide bonds. The number of H-pyrrole nitrogens is 1. The minimum Gasteiger partial charge on any atom is -0.444 e. The summed E-state index contributed by atoms with van der Waals surface area (Å²) in [5.41, 5.74) is 5.68. The Labute approximate surface area is 258 Å². The van der Waals surface area contributed by atoms with Crippen LogP contribution in [0.5, 0.6) is 0 Å². The number of carbonyl (C=O) groups excluding carboxylic acids is 2. The van der Waals surface area contributed by atoms with E-state index < -0.39 is 40.7 Å². The van der Waals surface area contributed by atoms with E-state index in [9.17, 15) is 23.2 Å². The molecule has 0 aliphatic heterocycles. The van der Waals surface area contributed by atoms with Crippen molar-refractivity contribution in [3.05, 3.63) is 98.7 Å². The van der Waals surface area contributed by atoms with Gasteiger partial charge in [-0.25, -0.2) is 18.6 Å². The zero-order valence-corrected chi connectivity index (χ0v) is 25.2. The van der Waals surface area contributed by atoms with Gasteiger partial charge in [-0.15, -0.1) is 0 Å². The van der Waals surface area contributed by atoms with Crippen LogP contribution >= 0.6 is 0 Å². The summed E-state index contributed by atoms with van der Waals surface area (Å²) in [7, 11) is 1.57. The fourth-order valence-electron chi connectivity index (χ4n) is 5.08. The van der Waals surface area contributed by atoms with Gasteiger partial charge in [-0.3, -0.25) is 9.59 Å². The van der Waals surface area contributed by atoms with Gasteiger partial charge in [-0.05, 0) is 81.3 Å². The maximum atomic E-state index is 14.8. The van der Waals surface area contributed by atoms with Crippen LogP contribution in [0.2, 0.25) is 0 Å². The molecular formula is C34H31F2N5O4. The number of nitrogens with zero attached hydrogens (tertiary/aromatic N) is 2. The fraction of sp³-hybridized carbons (Fsp3) is 0.294. The van der Waals surface area contributed by atoms with Gasteiger partial charge in [0.25, 0.3) is 11.5 Å². The van der Waals surface area contributed by atoms with Crippen LogP contribution in [0.4, 0.5) is 13.6 Å². The first-order valence-corrected chi connectivity index (χ1v) is 14.2. The Balaban J connectivity index is 1.48. The summed E-state index contributed by atoms with van der Waals surface area (Å²) in [6.45, 7) is 5.34. The summed E-state index contributed by atoms with van der Waals surface area (Å²) in [5, 5.41) is 3.44. The second-order valence-electron chi connectivity index (χ2n) is 11.9. The van der Waals surface area contributed by atoms with Crippen LogP contribution in [0, 0.1) is 35.3 Å². The van der Waals surface area contributed by atoms with E-state index in [1.165, 1.54) is 10.8 Å². The summed E-state index contributed by atoms with van der Waals surface area (Å²) >= 11 is 0. The van der Waals surface area contributed by atoms with Crippen LogP contribution < -0.4 is 16.6 Å². The molecule has 0 saturated heterocycles. The molecule has 1 aromatic carbocycles. The predicted octanol–water partition coefficient (Wildman–Crippen LogP) is 4.73. The number of hydrogen-bond acceptors (Lipinski definition) is 5. The average molecular weight is 612 g/mol. The van der Waals surface area contributed by atoms with E-state index >= 15 is 0 Å². The Morgan fingerprint density at radius 2 is 1.93 bits per heavy atom.